The summed E-state index contributed by atoms with van der Waals surface area (Å²) in [6.45, 7) is 4.81. The Labute approximate surface area is 131 Å². The Hall–Kier alpha value is -1.31. The first kappa shape index (κ1) is 15.6. The van der Waals surface area contributed by atoms with Crippen molar-refractivity contribution in [1.82, 2.24) is 9.62 Å². The molecule has 0 saturated carbocycles. The lowest BCUT2D eigenvalue weighted by atomic mass is 10.1. The predicted molar refractivity (Wildman–Crippen MR) is 82.8 cm³/mol. The Bertz CT molecular complexity index is 647. The van der Waals surface area contributed by atoms with E-state index in [1.54, 1.807) is 18.2 Å². The second-order valence-electron chi connectivity index (χ2n) is 6.09. The molecule has 6 nitrogen and oxygen atoms in total. The molecule has 2 heterocycles. The summed E-state index contributed by atoms with van der Waals surface area (Å²) in [6, 6.07) is 4.72. The molecule has 0 aromatic heterocycles. The van der Waals surface area contributed by atoms with Crippen molar-refractivity contribution >= 4 is 10.0 Å². The van der Waals surface area contributed by atoms with E-state index in [1.807, 2.05) is 7.05 Å². The van der Waals surface area contributed by atoms with Gasteiger partial charge >= 0.3 is 0 Å². The normalized spacial score (nSPS) is 25.9. The lowest BCUT2D eigenvalue weighted by Gasteiger charge is -2.17. The van der Waals surface area contributed by atoms with E-state index in [4.69, 9.17) is 9.47 Å². The zero-order chi connectivity index (χ0) is 15.7. The van der Waals surface area contributed by atoms with Crippen molar-refractivity contribution in [2.75, 3.05) is 33.4 Å². The molecule has 0 bridgehead atoms. The van der Waals surface area contributed by atoms with Gasteiger partial charge in [0.05, 0.1) is 18.1 Å². The van der Waals surface area contributed by atoms with Gasteiger partial charge < -0.3 is 14.4 Å². The topological polar surface area (TPSA) is 67.9 Å². The number of sulfonamides is 1. The summed E-state index contributed by atoms with van der Waals surface area (Å²) in [7, 11) is -1.56. The number of hydrogen-bond donors (Lipinski definition) is 1. The molecule has 0 radical (unpaired) electrons. The fourth-order valence-corrected chi connectivity index (χ4v) is 4.29. The van der Waals surface area contributed by atoms with Crippen LogP contribution in [0.1, 0.15) is 13.3 Å². The third kappa shape index (κ3) is 3.21. The molecule has 0 spiro atoms. The van der Waals surface area contributed by atoms with Crippen LogP contribution in [0.2, 0.25) is 0 Å². The monoisotopic (exact) mass is 326 g/mol. The second-order valence-corrected chi connectivity index (χ2v) is 7.80. The standard InChI is InChI=1S/C15H22N2O4S/c1-11-9-17(2)10-13(11)16-22(18,19)12-4-5-14-15(8-12)21-7-3-6-20-14/h4-5,8,11,13,16H,3,6-7,9-10H2,1-2H3/t11-,13+/m0/s1. The molecule has 0 amide bonds. The summed E-state index contributed by atoms with van der Waals surface area (Å²) in [4.78, 5) is 2.35. The highest BCUT2D eigenvalue weighted by Crippen LogP contribution is 2.32. The fourth-order valence-electron chi connectivity index (χ4n) is 2.94. The number of hydrogen-bond acceptors (Lipinski definition) is 5. The molecule has 22 heavy (non-hydrogen) atoms. The quantitative estimate of drug-likeness (QED) is 0.900. The van der Waals surface area contributed by atoms with Crippen LogP contribution in [0.15, 0.2) is 23.1 Å². The summed E-state index contributed by atoms with van der Waals surface area (Å²) < 4.78 is 39.1. The van der Waals surface area contributed by atoms with E-state index >= 15 is 0 Å². The highest BCUT2D eigenvalue weighted by Gasteiger charge is 2.31. The van der Waals surface area contributed by atoms with E-state index in [-0.39, 0.29) is 10.9 Å². The molecular formula is C15H22N2O4S. The van der Waals surface area contributed by atoms with Crippen LogP contribution in [-0.2, 0) is 10.0 Å². The summed E-state index contributed by atoms with van der Waals surface area (Å²) in [5.41, 5.74) is 0. The Kier molecular flexibility index (Phi) is 4.29. The van der Waals surface area contributed by atoms with Gasteiger partial charge in [0.25, 0.3) is 0 Å². The van der Waals surface area contributed by atoms with Crippen LogP contribution in [-0.4, -0.2) is 52.7 Å². The zero-order valence-electron chi connectivity index (χ0n) is 12.9. The summed E-state index contributed by atoms with van der Waals surface area (Å²) >= 11 is 0. The average Bonchev–Trinajstić information content (AvgIpc) is 2.66. The smallest absolute Gasteiger partial charge is 0.241 e. The van der Waals surface area contributed by atoms with Gasteiger partial charge in [0.2, 0.25) is 10.0 Å². The van der Waals surface area contributed by atoms with Crippen LogP contribution in [0, 0.1) is 5.92 Å². The number of rotatable bonds is 3. The minimum Gasteiger partial charge on any atom is -0.490 e. The van der Waals surface area contributed by atoms with Crippen molar-refractivity contribution in [1.29, 1.82) is 0 Å². The van der Waals surface area contributed by atoms with Gasteiger partial charge in [0.1, 0.15) is 0 Å². The molecule has 1 saturated heterocycles. The van der Waals surface area contributed by atoms with Crippen LogP contribution in [0.25, 0.3) is 0 Å². The number of nitrogens with one attached hydrogen (secondary N) is 1. The van der Waals surface area contributed by atoms with Crippen molar-refractivity contribution in [3.05, 3.63) is 18.2 Å². The van der Waals surface area contributed by atoms with Gasteiger partial charge in [-0.2, -0.15) is 0 Å². The van der Waals surface area contributed by atoms with Crippen LogP contribution in [0.5, 0.6) is 11.5 Å². The van der Waals surface area contributed by atoms with E-state index < -0.39 is 10.0 Å². The van der Waals surface area contributed by atoms with Gasteiger partial charge in [0.15, 0.2) is 11.5 Å². The molecule has 2 aliphatic heterocycles. The van der Waals surface area contributed by atoms with Crippen molar-refractivity contribution < 1.29 is 17.9 Å². The first-order valence-electron chi connectivity index (χ1n) is 7.56. The third-order valence-electron chi connectivity index (χ3n) is 4.13. The molecule has 3 rings (SSSR count). The van der Waals surface area contributed by atoms with Gasteiger partial charge in [0, 0.05) is 31.6 Å². The highest BCUT2D eigenvalue weighted by molar-refractivity contribution is 7.89. The lowest BCUT2D eigenvalue weighted by Crippen LogP contribution is -2.39. The summed E-state index contributed by atoms with van der Waals surface area (Å²) in [5, 5.41) is 0. The second kappa shape index (κ2) is 6.06. The van der Waals surface area contributed by atoms with Gasteiger partial charge in [-0.05, 0) is 25.1 Å². The van der Waals surface area contributed by atoms with Crippen molar-refractivity contribution in [2.45, 2.75) is 24.3 Å². The Morgan fingerprint density at radius 2 is 1.91 bits per heavy atom. The number of benzene rings is 1. The largest absolute Gasteiger partial charge is 0.490 e. The first-order valence-corrected chi connectivity index (χ1v) is 9.04. The highest BCUT2D eigenvalue weighted by atomic mass is 32.2. The molecule has 2 atom stereocenters. The van der Waals surface area contributed by atoms with E-state index in [0.29, 0.717) is 30.6 Å². The maximum absolute atomic E-state index is 12.6. The fraction of sp³-hybridized carbons (Fsp3) is 0.600. The van der Waals surface area contributed by atoms with E-state index in [2.05, 4.69) is 16.5 Å². The molecule has 1 aromatic rings. The first-order chi connectivity index (χ1) is 10.5. The number of nitrogens with zero attached hydrogens (tertiary/aromatic N) is 1. The molecule has 1 N–H and O–H groups in total. The molecule has 7 heteroatoms. The van der Waals surface area contributed by atoms with Crippen molar-refractivity contribution in [2.24, 2.45) is 5.92 Å². The van der Waals surface area contributed by atoms with Crippen LogP contribution in [0.4, 0.5) is 0 Å². The number of likely N-dealkylation sites (tertiary alicyclic amines) is 1. The minimum absolute atomic E-state index is 0.0639. The lowest BCUT2D eigenvalue weighted by molar-refractivity contribution is 0.297. The van der Waals surface area contributed by atoms with E-state index in [1.165, 1.54) is 0 Å². The van der Waals surface area contributed by atoms with E-state index in [0.717, 1.165) is 19.5 Å². The maximum Gasteiger partial charge on any atom is 0.241 e. The molecule has 0 aliphatic carbocycles. The van der Waals surface area contributed by atoms with Crippen LogP contribution in [0.3, 0.4) is 0 Å². The number of fused-ring (bicyclic) bond motifs is 1. The molecular weight excluding hydrogens is 304 g/mol. The van der Waals surface area contributed by atoms with Gasteiger partial charge in [-0.1, -0.05) is 6.92 Å². The molecule has 1 fully saturated rings. The Balaban J connectivity index is 1.82. The maximum atomic E-state index is 12.6. The third-order valence-corrected chi connectivity index (χ3v) is 5.62. The molecule has 1 aromatic carbocycles. The molecule has 0 unspecified atom stereocenters. The molecule has 122 valence electrons. The predicted octanol–water partition coefficient (Wildman–Crippen LogP) is 1.08. The zero-order valence-corrected chi connectivity index (χ0v) is 13.7. The SMILES string of the molecule is C[C@H]1CN(C)C[C@H]1NS(=O)(=O)c1ccc2c(c1)OCCCO2. The Morgan fingerprint density at radius 1 is 1.18 bits per heavy atom. The minimum atomic E-state index is -3.56. The van der Waals surface area contributed by atoms with E-state index in [9.17, 15) is 8.42 Å². The molecule has 2 aliphatic rings. The van der Waals surface area contributed by atoms with Crippen molar-refractivity contribution in [3.63, 3.8) is 0 Å². The van der Waals surface area contributed by atoms with Gasteiger partial charge in [-0.15, -0.1) is 0 Å². The summed E-state index contributed by atoms with van der Waals surface area (Å²) in [5.74, 6) is 1.39. The number of ether oxygens (including phenoxy) is 2. The summed E-state index contributed by atoms with van der Waals surface area (Å²) in [6.07, 6.45) is 0.793. The number of likely N-dealkylation sites (N-methyl/N-ethyl adjacent to an activating group) is 1. The van der Waals surface area contributed by atoms with Gasteiger partial charge in [-0.3, -0.25) is 0 Å². The average molecular weight is 326 g/mol. The Morgan fingerprint density at radius 3 is 2.59 bits per heavy atom. The van der Waals surface area contributed by atoms with Crippen LogP contribution < -0.4 is 14.2 Å². The van der Waals surface area contributed by atoms with Crippen molar-refractivity contribution in [3.8, 4) is 11.5 Å². The van der Waals surface area contributed by atoms with Gasteiger partial charge in [-0.25, -0.2) is 13.1 Å². The van der Waals surface area contributed by atoms with Crippen LogP contribution >= 0.6 is 0 Å².